The molecule has 0 bridgehead atoms. The third-order valence-corrected chi connectivity index (χ3v) is 2.58. The normalized spacial score (nSPS) is 11.0. The lowest BCUT2D eigenvalue weighted by molar-refractivity contribution is 0.118. The number of ether oxygens (including phenoxy) is 2. The predicted molar refractivity (Wildman–Crippen MR) is 70.1 cm³/mol. The molecule has 0 aliphatic carbocycles. The first-order valence-electron chi connectivity index (χ1n) is 6.17. The number of carbonyl (C=O) groups is 1. The van der Waals surface area contributed by atoms with Gasteiger partial charge in [-0.2, -0.15) is 0 Å². The van der Waals surface area contributed by atoms with Gasteiger partial charge in [-0.1, -0.05) is 0 Å². The van der Waals surface area contributed by atoms with Gasteiger partial charge in [-0.25, -0.2) is 9.18 Å². The van der Waals surface area contributed by atoms with Crippen molar-refractivity contribution in [2.24, 2.45) is 0 Å². The van der Waals surface area contributed by atoms with Crippen molar-refractivity contribution in [1.82, 2.24) is 4.57 Å². The number of hydrogen-bond acceptors (Lipinski definition) is 3. The summed E-state index contributed by atoms with van der Waals surface area (Å²) in [6.07, 6.45) is 0.816. The first-order valence-corrected chi connectivity index (χ1v) is 6.17. The molecule has 5 heteroatoms. The lowest BCUT2D eigenvalue weighted by Crippen LogP contribution is -2.17. The molecule has 0 N–H and O–H groups in total. The van der Waals surface area contributed by atoms with Gasteiger partial charge in [0.25, 0.3) is 0 Å². The Balaban J connectivity index is 2.43. The van der Waals surface area contributed by atoms with Crippen LogP contribution >= 0.6 is 0 Å². The van der Waals surface area contributed by atoms with E-state index in [2.05, 4.69) is 0 Å². The topological polar surface area (TPSA) is 40.5 Å². The van der Waals surface area contributed by atoms with E-state index in [1.165, 1.54) is 10.6 Å². The molecule has 0 amide bonds. The summed E-state index contributed by atoms with van der Waals surface area (Å²) in [5, 5.41) is 0.727. The highest BCUT2D eigenvalue weighted by molar-refractivity contribution is 5.90. The van der Waals surface area contributed by atoms with E-state index < -0.39 is 11.9 Å². The average molecular weight is 265 g/mol. The number of aromatic nitrogens is 1. The van der Waals surface area contributed by atoms with E-state index in [4.69, 9.17) is 9.47 Å². The molecular formula is C14H16FNO3. The average Bonchev–Trinajstić information content (AvgIpc) is 2.71. The molecule has 0 fully saturated rings. The summed E-state index contributed by atoms with van der Waals surface area (Å²) < 4.78 is 25.4. The SMILES string of the molecule is CCOc1cc2ccn(C(=O)OC(C)C)c2cc1F. The fourth-order valence-corrected chi connectivity index (χ4v) is 1.82. The molecule has 4 nitrogen and oxygen atoms in total. The highest BCUT2D eigenvalue weighted by Gasteiger charge is 2.14. The quantitative estimate of drug-likeness (QED) is 0.851. The molecule has 0 radical (unpaired) electrons. The van der Waals surface area contributed by atoms with Gasteiger partial charge >= 0.3 is 6.09 Å². The first-order chi connectivity index (χ1) is 9.02. The predicted octanol–water partition coefficient (Wildman–Crippen LogP) is 3.57. The monoisotopic (exact) mass is 265 g/mol. The Morgan fingerprint density at radius 3 is 2.79 bits per heavy atom. The van der Waals surface area contributed by atoms with Gasteiger partial charge in [0.05, 0.1) is 18.2 Å². The van der Waals surface area contributed by atoms with Gasteiger partial charge in [0.1, 0.15) is 0 Å². The number of carbonyl (C=O) groups excluding carboxylic acids is 1. The van der Waals surface area contributed by atoms with Gasteiger partial charge in [0.2, 0.25) is 0 Å². The molecule has 0 atom stereocenters. The third kappa shape index (κ3) is 2.70. The molecule has 2 aromatic rings. The number of hydrogen-bond donors (Lipinski definition) is 0. The highest BCUT2D eigenvalue weighted by atomic mass is 19.1. The number of benzene rings is 1. The van der Waals surface area contributed by atoms with Crippen LogP contribution in [0.1, 0.15) is 20.8 Å². The van der Waals surface area contributed by atoms with Crippen molar-refractivity contribution in [2.75, 3.05) is 6.61 Å². The molecular weight excluding hydrogens is 249 g/mol. The Morgan fingerprint density at radius 2 is 2.16 bits per heavy atom. The third-order valence-electron chi connectivity index (χ3n) is 2.58. The second kappa shape index (κ2) is 5.30. The molecule has 1 heterocycles. The second-order valence-electron chi connectivity index (χ2n) is 4.39. The maximum Gasteiger partial charge on any atom is 0.418 e. The molecule has 19 heavy (non-hydrogen) atoms. The maximum absolute atomic E-state index is 13.8. The maximum atomic E-state index is 13.8. The number of nitrogens with zero attached hydrogens (tertiary/aromatic N) is 1. The van der Waals surface area contributed by atoms with E-state index in [-0.39, 0.29) is 11.9 Å². The van der Waals surface area contributed by atoms with Gasteiger partial charge in [-0.15, -0.1) is 0 Å². The fraction of sp³-hybridized carbons (Fsp3) is 0.357. The van der Waals surface area contributed by atoms with E-state index in [1.807, 2.05) is 0 Å². The van der Waals surface area contributed by atoms with Crippen LogP contribution in [-0.2, 0) is 4.74 Å². The van der Waals surface area contributed by atoms with Crippen LogP contribution in [0.3, 0.4) is 0 Å². The van der Waals surface area contributed by atoms with Crippen LogP contribution in [0.25, 0.3) is 10.9 Å². The van der Waals surface area contributed by atoms with Crippen molar-refractivity contribution in [1.29, 1.82) is 0 Å². The summed E-state index contributed by atoms with van der Waals surface area (Å²) in [5.41, 5.74) is 0.464. The molecule has 0 spiro atoms. The van der Waals surface area contributed by atoms with Crippen molar-refractivity contribution in [3.63, 3.8) is 0 Å². The van der Waals surface area contributed by atoms with Crippen molar-refractivity contribution in [3.8, 4) is 5.75 Å². The molecule has 102 valence electrons. The summed E-state index contributed by atoms with van der Waals surface area (Å²) in [4.78, 5) is 11.8. The molecule has 0 saturated carbocycles. The summed E-state index contributed by atoms with van der Waals surface area (Å²) in [7, 11) is 0. The molecule has 1 aromatic carbocycles. The van der Waals surface area contributed by atoms with Crippen LogP contribution in [0, 0.1) is 5.82 Å². The van der Waals surface area contributed by atoms with Crippen molar-refractivity contribution < 1.29 is 18.7 Å². The van der Waals surface area contributed by atoms with Crippen LogP contribution in [-0.4, -0.2) is 23.4 Å². The summed E-state index contributed by atoms with van der Waals surface area (Å²) in [6.45, 7) is 5.70. The van der Waals surface area contributed by atoms with Crippen LogP contribution in [0.15, 0.2) is 24.4 Å². The minimum Gasteiger partial charge on any atom is -0.491 e. The van der Waals surface area contributed by atoms with E-state index in [9.17, 15) is 9.18 Å². The zero-order valence-electron chi connectivity index (χ0n) is 11.1. The zero-order valence-corrected chi connectivity index (χ0v) is 11.1. The summed E-state index contributed by atoms with van der Waals surface area (Å²) in [5.74, 6) is -0.309. The molecule has 0 aliphatic heterocycles. The summed E-state index contributed by atoms with van der Waals surface area (Å²) in [6, 6.07) is 4.58. The minimum atomic E-state index is -0.520. The number of fused-ring (bicyclic) bond motifs is 1. The Hall–Kier alpha value is -2.04. The smallest absolute Gasteiger partial charge is 0.418 e. The summed E-state index contributed by atoms with van der Waals surface area (Å²) >= 11 is 0. The van der Waals surface area contributed by atoms with E-state index in [0.717, 1.165) is 5.39 Å². The largest absolute Gasteiger partial charge is 0.491 e. The van der Waals surface area contributed by atoms with Gasteiger partial charge < -0.3 is 9.47 Å². The lowest BCUT2D eigenvalue weighted by Gasteiger charge is -2.10. The Kier molecular flexibility index (Phi) is 3.74. The van der Waals surface area contributed by atoms with E-state index in [0.29, 0.717) is 12.1 Å². The van der Waals surface area contributed by atoms with Gasteiger partial charge in [-0.3, -0.25) is 4.57 Å². The fourth-order valence-electron chi connectivity index (χ4n) is 1.82. The van der Waals surface area contributed by atoms with Crippen molar-refractivity contribution in [2.45, 2.75) is 26.9 Å². The molecule has 0 aliphatic rings. The Labute approximate surface area is 110 Å². The van der Waals surface area contributed by atoms with Crippen molar-refractivity contribution in [3.05, 3.63) is 30.2 Å². The number of rotatable bonds is 3. The number of halogens is 1. The molecule has 1 aromatic heterocycles. The van der Waals surface area contributed by atoms with E-state index in [1.54, 1.807) is 39.1 Å². The van der Waals surface area contributed by atoms with Gasteiger partial charge in [0.15, 0.2) is 11.6 Å². The van der Waals surface area contributed by atoms with Gasteiger partial charge in [0, 0.05) is 17.6 Å². The zero-order chi connectivity index (χ0) is 14.0. The van der Waals surface area contributed by atoms with Crippen LogP contribution in [0.5, 0.6) is 5.75 Å². The van der Waals surface area contributed by atoms with Gasteiger partial charge in [-0.05, 0) is 32.9 Å². The standard InChI is InChI=1S/C14H16FNO3/c1-4-18-13-7-10-5-6-16(12(10)8-11(13)15)14(17)19-9(2)3/h5-9H,4H2,1-3H3. The highest BCUT2D eigenvalue weighted by Crippen LogP contribution is 2.26. The lowest BCUT2D eigenvalue weighted by atomic mass is 10.2. The van der Waals surface area contributed by atoms with Crippen LogP contribution in [0.4, 0.5) is 9.18 Å². The van der Waals surface area contributed by atoms with Crippen LogP contribution < -0.4 is 4.74 Å². The second-order valence-corrected chi connectivity index (χ2v) is 4.39. The molecule has 0 unspecified atom stereocenters. The first kappa shape index (κ1) is 13.4. The van der Waals surface area contributed by atoms with Crippen LogP contribution in [0.2, 0.25) is 0 Å². The minimum absolute atomic E-state index is 0.185. The van der Waals surface area contributed by atoms with Crippen molar-refractivity contribution >= 4 is 17.0 Å². The Morgan fingerprint density at radius 1 is 1.42 bits per heavy atom. The molecule has 0 saturated heterocycles. The molecule has 2 rings (SSSR count). The Bertz CT molecular complexity index is 604. The van der Waals surface area contributed by atoms with E-state index >= 15 is 0 Å².